The molecule has 0 fully saturated rings. The van der Waals surface area contributed by atoms with Gasteiger partial charge in [-0.1, -0.05) is 6.07 Å². The van der Waals surface area contributed by atoms with Gasteiger partial charge in [0.1, 0.15) is 5.52 Å². The van der Waals surface area contributed by atoms with Crippen LogP contribution < -0.4 is 4.90 Å². The predicted molar refractivity (Wildman–Crippen MR) is 99.4 cm³/mol. The number of pyridine rings is 1. The van der Waals surface area contributed by atoms with Gasteiger partial charge < -0.3 is 4.90 Å². The van der Waals surface area contributed by atoms with E-state index in [1.165, 1.54) is 0 Å². The minimum atomic E-state index is 0.829. The van der Waals surface area contributed by atoms with Gasteiger partial charge in [-0.2, -0.15) is 0 Å². The minimum Gasteiger partial charge on any atom is -0.378 e. The van der Waals surface area contributed by atoms with E-state index in [2.05, 4.69) is 48.1 Å². The molecule has 1 aromatic carbocycles. The second-order valence-corrected chi connectivity index (χ2v) is 6.23. The third kappa shape index (κ3) is 1.94. The Morgan fingerprint density at radius 3 is 2.76 bits per heavy atom. The summed E-state index contributed by atoms with van der Waals surface area (Å²) in [6.45, 7) is 0. The molecule has 25 heavy (non-hydrogen) atoms. The van der Waals surface area contributed by atoms with Crippen molar-refractivity contribution in [2.45, 2.75) is 0 Å². The Hall–Kier alpha value is -3.41. The van der Waals surface area contributed by atoms with Gasteiger partial charge in [-0.15, -0.1) is 0 Å². The van der Waals surface area contributed by atoms with Crippen LogP contribution in [-0.2, 0) is 0 Å². The van der Waals surface area contributed by atoms with Gasteiger partial charge in [-0.25, -0.2) is 4.98 Å². The van der Waals surface area contributed by atoms with E-state index in [4.69, 9.17) is 4.98 Å². The third-order valence-electron chi connectivity index (χ3n) is 4.52. The molecule has 0 N–H and O–H groups in total. The lowest BCUT2D eigenvalue weighted by molar-refractivity contribution is 1.06. The van der Waals surface area contributed by atoms with Crippen LogP contribution in [0.5, 0.6) is 0 Å². The van der Waals surface area contributed by atoms with Gasteiger partial charge >= 0.3 is 0 Å². The maximum Gasteiger partial charge on any atom is 0.157 e. The van der Waals surface area contributed by atoms with Crippen LogP contribution in [0.3, 0.4) is 0 Å². The average Bonchev–Trinajstić information content (AvgIpc) is 3.16. The van der Waals surface area contributed by atoms with Crippen molar-refractivity contribution < 1.29 is 0 Å². The summed E-state index contributed by atoms with van der Waals surface area (Å²) in [5, 5.41) is 1.04. The second-order valence-electron chi connectivity index (χ2n) is 6.23. The zero-order valence-electron chi connectivity index (χ0n) is 14.0. The molecule has 122 valence electrons. The maximum absolute atomic E-state index is 4.78. The fourth-order valence-electron chi connectivity index (χ4n) is 3.34. The van der Waals surface area contributed by atoms with E-state index in [1.54, 1.807) is 12.4 Å². The molecule has 4 heterocycles. The van der Waals surface area contributed by atoms with Crippen LogP contribution in [0.25, 0.3) is 33.4 Å². The van der Waals surface area contributed by atoms with Crippen LogP contribution >= 0.6 is 0 Å². The highest BCUT2D eigenvalue weighted by molar-refractivity contribution is 6.06. The summed E-state index contributed by atoms with van der Waals surface area (Å²) in [6, 6.07) is 10.5. The monoisotopic (exact) mass is 328 g/mol. The largest absolute Gasteiger partial charge is 0.378 e. The van der Waals surface area contributed by atoms with Crippen molar-refractivity contribution in [2.75, 3.05) is 19.0 Å². The number of imidazole rings is 1. The Bertz CT molecular complexity index is 1220. The maximum atomic E-state index is 4.78. The Balaban J connectivity index is 1.97. The number of aromatic nitrogens is 5. The molecule has 6 heteroatoms. The van der Waals surface area contributed by atoms with Crippen LogP contribution in [0.4, 0.5) is 5.69 Å². The summed E-state index contributed by atoms with van der Waals surface area (Å²) in [6.07, 6.45) is 9.21. The van der Waals surface area contributed by atoms with E-state index in [-0.39, 0.29) is 0 Å². The van der Waals surface area contributed by atoms with E-state index in [0.717, 1.165) is 39.1 Å². The van der Waals surface area contributed by atoms with Crippen molar-refractivity contribution in [1.82, 2.24) is 23.9 Å². The quantitative estimate of drug-likeness (QED) is 0.499. The predicted octanol–water partition coefficient (Wildman–Crippen LogP) is 3.29. The van der Waals surface area contributed by atoms with Gasteiger partial charge in [0.2, 0.25) is 0 Å². The molecule has 0 atom stereocenters. The lowest BCUT2D eigenvalue weighted by atomic mass is 10.2. The molecule has 0 aliphatic carbocycles. The first-order chi connectivity index (χ1) is 12.2. The van der Waals surface area contributed by atoms with E-state index < -0.39 is 0 Å². The van der Waals surface area contributed by atoms with Gasteiger partial charge in [-0.05, 0) is 24.3 Å². The van der Waals surface area contributed by atoms with Crippen LogP contribution in [-0.4, -0.2) is 38.0 Å². The van der Waals surface area contributed by atoms with Crippen LogP contribution in [0.15, 0.2) is 61.3 Å². The molecule has 0 radical (unpaired) electrons. The van der Waals surface area contributed by atoms with Gasteiger partial charge in [0.15, 0.2) is 11.3 Å². The van der Waals surface area contributed by atoms with Crippen molar-refractivity contribution in [3.63, 3.8) is 0 Å². The van der Waals surface area contributed by atoms with Crippen molar-refractivity contribution in [3.8, 4) is 5.69 Å². The van der Waals surface area contributed by atoms with E-state index >= 15 is 0 Å². The molecule has 5 aromatic rings. The van der Waals surface area contributed by atoms with Gasteiger partial charge in [-0.3, -0.25) is 18.9 Å². The molecule has 0 saturated heterocycles. The van der Waals surface area contributed by atoms with Crippen molar-refractivity contribution in [1.29, 1.82) is 0 Å². The molecular weight excluding hydrogens is 312 g/mol. The Kier molecular flexibility index (Phi) is 2.82. The summed E-state index contributed by atoms with van der Waals surface area (Å²) < 4.78 is 4.31. The first kappa shape index (κ1) is 14.0. The Morgan fingerprint density at radius 1 is 1.00 bits per heavy atom. The molecule has 0 aliphatic rings. The molecule has 0 unspecified atom stereocenters. The lowest BCUT2D eigenvalue weighted by Crippen LogP contribution is -2.09. The molecule has 6 nitrogen and oxygen atoms in total. The third-order valence-corrected chi connectivity index (χ3v) is 4.52. The number of nitrogens with zero attached hydrogens (tertiary/aromatic N) is 6. The fraction of sp³-hybridized carbons (Fsp3) is 0.105. The average molecular weight is 328 g/mol. The number of hydrogen-bond donors (Lipinski definition) is 0. The number of benzene rings is 1. The molecule has 0 amide bonds. The summed E-state index contributed by atoms with van der Waals surface area (Å²) in [5.74, 6) is 0. The van der Waals surface area contributed by atoms with Crippen molar-refractivity contribution in [2.24, 2.45) is 0 Å². The van der Waals surface area contributed by atoms with E-state index in [9.17, 15) is 0 Å². The molecule has 4 aromatic heterocycles. The van der Waals surface area contributed by atoms with Crippen LogP contribution in [0.1, 0.15) is 0 Å². The summed E-state index contributed by atoms with van der Waals surface area (Å²) >= 11 is 0. The smallest absolute Gasteiger partial charge is 0.157 e. The van der Waals surface area contributed by atoms with Gasteiger partial charge in [0.25, 0.3) is 0 Å². The molecule has 0 saturated carbocycles. The molecular formula is C19H16N6. The molecule has 0 bridgehead atoms. The van der Waals surface area contributed by atoms with Gasteiger partial charge in [0.05, 0.1) is 11.7 Å². The number of hydrogen-bond acceptors (Lipinski definition) is 4. The fourth-order valence-corrected chi connectivity index (χ4v) is 3.34. The van der Waals surface area contributed by atoms with E-state index in [0.29, 0.717) is 0 Å². The topological polar surface area (TPSA) is 51.2 Å². The zero-order valence-corrected chi connectivity index (χ0v) is 14.0. The molecule has 0 spiro atoms. The Labute approximate surface area is 144 Å². The van der Waals surface area contributed by atoms with Crippen molar-refractivity contribution >= 4 is 33.4 Å². The zero-order chi connectivity index (χ0) is 17.0. The number of fused-ring (bicyclic) bond motifs is 5. The molecule has 5 rings (SSSR count). The van der Waals surface area contributed by atoms with Gasteiger partial charge in [0, 0.05) is 55.6 Å². The lowest BCUT2D eigenvalue weighted by Gasteiger charge is -2.15. The highest BCUT2D eigenvalue weighted by Crippen LogP contribution is 2.32. The first-order valence-electron chi connectivity index (χ1n) is 8.08. The Morgan fingerprint density at radius 2 is 1.88 bits per heavy atom. The number of rotatable bonds is 2. The summed E-state index contributed by atoms with van der Waals surface area (Å²) in [7, 11) is 4.10. The van der Waals surface area contributed by atoms with Crippen LogP contribution in [0, 0.1) is 0 Å². The standard InChI is InChI=1S/C19H16N6/c1-23(2)13-4-3-5-14(10-13)25-16-6-7-20-11-15(16)18-19(25)24-9-8-21-12-17(24)22-18/h3-12H,1-2H3. The van der Waals surface area contributed by atoms with E-state index in [1.807, 2.05) is 38.8 Å². The number of anilines is 1. The van der Waals surface area contributed by atoms with Crippen molar-refractivity contribution in [3.05, 3.63) is 61.3 Å². The second kappa shape index (κ2) is 5.04. The molecule has 0 aliphatic heterocycles. The highest BCUT2D eigenvalue weighted by Gasteiger charge is 2.18. The SMILES string of the molecule is CN(C)c1cccc(-n2c3ccncc3c3nc4cnccn4c32)c1. The highest BCUT2D eigenvalue weighted by atomic mass is 15.2. The first-order valence-corrected chi connectivity index (χ1v) is 8.08. The summed E-state index contributed by atoms with van der Waals surface area (Å²) in [5.41, 5.74) is 6.13. The summed E-state index contributed by atoms with van der Waals surface area (Å²) in [4.78, 5) is 15.4. The normalized spacial score (nSPS) is 11.6. The minimum absolute atomic E-state index is 0.829. The van der Waals surface area contributed by atoms with Crippen LogP contribution in [0.2, 0.25) is 0 Å².